The first-order chi connectivity index (χ1) is 15.5. The minimum Gasteiger partial charge on any atom is -0.493 e. The largest absolute Gasteiger partial charge is 0.493 e. The first-order valence-corrected chi connectivity index (χ1v) is 10.7. The Morgan fingerprint density at radius 2 is 1.21 bits per heavy atom. The third kappa shape index (κ3) is 11.8. The Labute approximate surface area is 209 Å². The van der Waals surface area contributed by atoms with E-state index in [1.54, 1.807) is 64.7 Å². The summed E-state index contributed by atoms with van der Waals surface area (Å²) < 4.78 is 20.2. The maximum Gasteiger partial charge on any atom is 0.242 e. The Balaban J connectivity index is 0.000000520. The van der Waals surface area contributed by atoms with Crippen molar-refractivity contribution in [2.24, 2.45) is 0 Å². The van der Waals surface area contributed by atoms with E-state index in [2.05, 4.69) is 5.32 Å². The SMILES string of the molecule is CC(Cl)C(=O)Cl.COc1ccc(N)cc1OC.COc1ccc(NC(=O)C(C)Cl)cc1OC. The molecule has 0 aliphatic heterocycles. The highest BCUT2D eigenvalue weighted by atomic mass is 35.5. The van der Waals surface area contributed by atoms with E-state index in [9.17, 15) is 9.59 Å². The van der Waals surface area contributed by atoms with Crippen molar-refractivity contribution in [3.05, 3.63) is 36.4 Å². The van der Waals surface area contributed by atoms with Gasteiger partial charge in [0, 0.05) is 23.5 Å². The standard InChI is InChI=1S/C11H14ClNO3.C8H11NO2.C3H4Cl2O/c1-7(12)11(14)13-8-4-5-9(15-2)10(6-8)16-3;1-10-7-4-3-6(9)5-8(7)11-2;1-2(4)3(5)6/h4-7H,1-3H3,(H,13,14);3-5H,9H2,1-2H3;2H,1H3. The number of anilines is 2. The van der Waals surface area contributed by atoms with Gasteiger partial charge in [-0.1, -0.05) is 0 Å². The van der Waals surface area contributed by atoms with Crippen molar-refractivity contribution in [1.82, 2.24) is 0 Å². The van der Waals surface area contributed by atoms with Crippen LogP contribution in [-0.2, 0) is 9.59 Å². The van der Waals surface area contributed by atoms with Crippen LogP contribution in [0.3, 0.4) is 0 Å². The molecule has 0 saturated heterocycles. The summed E-state index contributed by atoms with van der Waals surface area (Å²) in [6.45, 7) is 3.13. The van der Waals surface area contributed by atoms with E-state index in [0.717, 1.165) is 0 Å². The average molecular weight is 524 g/mol. The lowest BCUT2D eigenvalue weighted by molar-refractivity contribution is -0.115. The number of carbonyl (C=O) groups is 2. The van der Waals surface area contributed by atoms with E-state index in [0.29, 0.717) is 34.4 Å². The Morgan fingerprint density at radius 1 is 0.788 bits per heavy atom. The number of rotatable bonds is 7. The molecule has 0 aromatic heterocycles. The number of methoxy groups -OCH3 is 4. The fourth-order valence-electron chi connectivity index (χ4n) is 2.01. The molecule has 0 bridgehead atoms. The van der Waals surface area contributed by atoms with E-state index in [-0.39, 0.29) is 5.91 Å². The lowest BCUT2D eigenvalue weighted by Crippen LogP contribution is -2.20. The third-order valence-corrected chi connectivity index (χ3v) is 4.57. The number of nitrogens with one attached hydrogen (secondary N) is 1. The molecule has 11 heteroatoms. The molecular formula is C22H29Cl3N2O6. The van der Waals surface area contributed by atoms with Crippen LogP contribution in [0, 0.1) is 0 Å². The fourth-order valence-corrected chi connectivity index (χ4v) is 2.06. The van der Waals surface area contributed by atoms with E-state index < -0.39 is 16.0 Å². The molecule has 0 radical (unpaired) electrons. The predicted molar refractivity (Wildman–Crippen MR) is 134 cm³/mol. The van der Waals surface area contributed by atoms with Crippen molar-refractivity contribution in [2.45, 2.75) is 24.6 Å². The van der Waals surface area contributed by atoms with E-state index in [1.165, 1.54) is 14.0 Å². The molecule has 184 valence electrons. The van der Waals surface area contributed by atoms with Crippen LogP contribution in [0.15, 0.2) is 36.4 Å². The maximum atomic E-state index is 11.4. The molecule has 33 heavy (non-hydrogen) atoms. The molecule has 0 saturated carbocycles. The lowest BCUT2D eigenvalue weighted by atomic mass is 10.2. The number of amides is 1. The van der Waals surface area contributed by atoms with Gasteiger partial charge in [0.15, 0.2) is 23.0 Å². The van der Waals surface area contributed by atoms with Crippen LogP contribution < -0.4 is 30.0 Å². The molecule has 0 fully saturated rings. The van der Waals surface area contributed by atoms with Gasteiger partial charge in [0.05, 0.1) is 28.4 Å². The number of hydrogen-bond donors (Lipinski definition) is 2. The second-order valence-electron chi connectivity index (χ2n) is 6.21. The second kappa shape index (κ2) is 16.1. The second-order valence-corrected chi connectivity index (χ2v) is 7.89. The highest BCUT2D eigenvalue weighted by Crippen LogP contribution is 2.30. The normalized spacial score (nSPS) is 11.3. The number of nitrogens with two attached hydrogens (primary N) is 1. The number of halogens is 3. The van der Waals surface area contributed by atoms with Gasteiger partial charge < -0.3 is 30.0 Å². The number of carbonyl (C=O) groups excluding carboxylic acids is 2. The molecule has 2 aromatic carbocycles. The quantitative estimate of drug-likeness (QED) is 0.301. The van der Waals surface area contributed by atoms with Gasteiger partial charge in [0.1, 0.15) is 10.8 Å². The highest BCUT2D eigenvalue weighted by molar-refractivity contribution is 6.69. The monoisotopic (exact) mass is 522 g/mol. The van der Waals surface area contributed by atoms with Crippen LogP contribution in [-0.4, -0.2) is 50.3 Å². The maximum absolute atomic E-state index is 11.4. The molecule has 1 amide bonds. The van der Waals surface area contributed by atoms with Crippen molar-refractivity contribution in [3.8, 4) is 23.0 Å². The van der Waals surface area contributed by atoms with E-state index >= 15 is 0 Å². The summed E-state index contributed by atoms with van der Waals surface area (Å²) in [4.78, 5) is 21.1. The molecule has 0 spiro atoms. The van der Waals surface area contributed by atoms with Gasteiger partial charge in [-0.05, 0) is 49.7 Å². The minimum atomic E-state index is -0.576. The summed E-state index contributed by atoms with van der Waals surface area (Å²) in [5, 5.41) is 1.03. The first kappa shape index (κ1) is 30.4. The number of benzene rings is 2. The van der Waals surface area contributed by atoms with Crippen molar-refractivity contribution in [3.63, 3.8) is 0 Å². The van der Waals surface area contributed by atoms with Crippen LogP contribution in [0.25, 0.3) is 0 Å². The van der Waals surface area contributed by atoms with Crippen LogP contribution in [0.4, 0.5) is 11.4 Å². The van der Waals surface area contributed by atoms with E-state index in [1.807, 2.05) is 0 Å². The van der Waals surface area contributed by atoms with Crippen LogP contribution in [0.1, 0.15) is 13.8 Å². The van der Waals surface area contributed by atoms with Gasteiger partial charge in [-0.2, -0.15) is 0 Å². The Kier molecular flexibility index (Phi) is 14.9. The van der Waals surface area contributed by atoms with Crippen LogP contribution >= 0.6 is 34.8 Å². The number of nitrogen functional groups attached to an aromatic ring is 1. The zero-order chi connectivity index (χ0) is 25.6. The first-order valence-electron chi connectivity index (χ1n) is 9.48. The summed E-state index contributed by atoms with van der Waals surface area (Å²) >= 11 is 15.6. The Bertz CT molecular complexity index is 894. The molecule has 0 aliphatic carbocycles. The molecule has 2 atom stereocenters. The number of ether oxygens (including phenoxy) is 4. The van der Waals surface area contributed by atoms with Crippen molar-refractivity contribution in [1.29, 1.82) is 0 Å². The van der Waals surface area contributed by atoms with Gasteiger partial charge in [-0.3, -0.25) is 9.59 Å². The fraction of sp³-hybridized carbons (Fsp3) is 0.364. The molecule has 2 unspecified atom stereocenters. The van der Waals surface area contributed by atoms with Gasteiger partial charge in [-0.15, -0.1) is 23.2 Å². The van der Waals surface area contributed by atoms with Crippen molar-refractivity contribution < 1.29 is 28.5 Å². The Hall–Kier alpha value is -2.55. The zero-order valence-electron chi connectivity index (χ0n) is 19.3. The molecular weight excluding hydrogens is 495 g/mol. The minimum absolute atomic E-state index is 0.256. The molecule has 0 heterocycles. The summed E-state index contributed by atoms with van der Waals surface area (Å²) in [6, 6.07) is 10.4. The molecule has 2 aromatic rings. The number of alkyl halides is 2. The summed E-state index contributed by atoms with van der Waals surface area (Å²) in [6.07, 6.45) is 0. The summed E-state index contributed by atoms with van der Waals surface area (Å²) in [5.74, 6) is 2.27. The predicted octanol–water partition coefficient (Wildman–Crippen LogP) is 4.93. The Morgan fingerprint density at radius 3 is 1.61 bits per heavy atom. The highest BCUT2D eigenvalue weighted by Gasteiger charge is 2.11. The summed E-state index contributed by atoms with van der Waals surface area (Å²) in [5.41, 5.74) is 6.81. The van der Waals surface area contributed by atoms with Gasteiger partial charge in [0.2, 0.25) is 11.1 Å². The van der Waals surface area contributed by atoms with Gasteiger partial charge >= 0.3 is 0 Å². The zero-order valence-corrected chi connectivity index (χ0v) is 21.5. The molecule has 8 nitrogen and oxygen atoms in total. The molecule has 3 N–H and O–H groups in total. The molecule has 0 aliphatic rings. The van der Waals surface area contributed by atoms with Crippen molar-refractivity contribution >= 4 is 57.3 Å². The van der Waals surface area contributed by atoms with E-state index in [4.69, 9.17) is 59.5 Å². The lowest BCUT2D eigenvalue weighted by Gasteiger charge is -2.11. The average Bonchev–Trinajstić information content (AvgIpc) is 2.79. The van der Waals surface area contributed by atoms with Crippen LogP contribution in [0.5, 0.6) is 23.0 Å². The van der Waals surface area contributed by atoms with Gasteiger partial charge in [-0.25, -0.2) is 0 Å². The molecule has 2 rings (SSSR count). The number of hydrogen-bond acceptors (Lipinski definition) is 7. The third-order valence-electron chi connectivity index (χ3n) is 3.73. The van der Waals surface area contributed by atoms with Gasteiger partial charge in [0.25, 0.3) is 0 Å². The van der Waals surface area contributed by atoms with Crippen LogP contribution in [0.2, 0.25) is 0 Å². The smallest absolute Gasteiger partial charge is 0.242 e. The van der Waals surface area contributed by atoms with Crippen molar-refractivity contribution in [2.75, 3.05) is 39.5 Å². The summed E-state index contributed by atoms with van der Waals surface area (Å²) in [7, 11) is 6.26. The topological polar surface area (TPSA) is 109 Å².